The van der Waals surface area contributed by atoms with Crippen molar-refractivity contribution in [2.45, 2.75) is 0 Å². The van der Waals surface area contributed by atoms with Crippen molar-refractivity contribution in [1.82, 2.24) is 4.57 Å². The Morgan fingerprint density at radius 2 is 0.796 bits per heavy atom. The number of hydrogen-bond acceptors (Lipinski definition) is 1. The highest BCUT2D eigenvalue weighted by Gasteiger charge is 2.21. The molecular formula is C42H25B5N2. The average molecular weight is 612 g/mol. The van der Waals surface area contributed by atoms with Crippen LogP contribution in [0.1, 0.15) is 0 Å². The van der Waals surface area contributed by atoms with E-state index in [1.807, 2.05) is 35.2 Å². The smallest absolute Gasteiger partial charge is 0.115 e. The summed E-state index contributed by atoms with van der Waals surface area (Å²) in [5.41, 5.74) is 11.0. The van der Waals surface area contributed by atoms with Crippen LogP contribution in [0, 0.1) is 0 Å². The molecule has 0 aliphatic rings. The molecule has 0 amide bonds. The standard InChI is InChI=1S/C42H25B5N2/c43-37-38(44)40(46)42(41(47)39(37)45)48(29-22-18-27(19-23-29)26-10-2-1-3-11-26)30-24-20-28(21-25-30)31-12-4-7-15-34(31)49-35-16-8-5-13-32(35)33-14-6-9-17-36(33)49/h1-25H. The third kappa shape index (κ3) is 5.22. The molecule has 0 aliphatic carbocycles. The number of benzene rings is 7. The first kappa shape index (κ1) is 30.8. The molecule has 0 saturated carbocycles. The fourth-order valence-electron chi connectivity index (χ4n) is 6.80. The van der Waals surface area contributed by atoms with E-state index in [1.165, 1.54) is 10.8 Å². The molecule has 49 heavy (non-hydrogen) atoms. The van der Waals surface area contributed by atoms with E-state index in [2.05, 4.69) is 126 Å². The zero-order valence-electron chi connectivity index (χ0n) is 26.7. The van der Waals surface area contributed by atoms with Gasteiger partial charge in [0.1, 0.15) is 39.2 Å². The van der Waals surface area contributed by atoms with Crippen LogP contribution in [-0.2, 0) is 0 Å². The second-order valence-corrected chi connectivity index (χ2v) is 12.1. The molecule has 1 heterocycles. The molecule has 218 valence electrons. The zero-order valence-corrected chi connectivity index (χ0v) is 26.7. The number of rotatable bonds is 6. The van der Waals surface area contributed by atoms with E-state index in [-0.39, 0.29) is 27.3 Å². The van der Waals surface area contributed by atoms with Gasteiger partial charge in [0.15, 0.2) is 0 Å². The third-order valence-corrected chi connectivity index (χ3v) is 9.29. The van der Waals surface area contributed by atoms with Gasteiger partial charge in [0.2, 0.25) is 0 Å². The van der Waals surface area contributed by atoms with E-state index in [9.17, 15) is 0 Å². The van der Waals surface area contributed by atoms with Crippen LogP contribution in [0.4, 0.5) is 17.1 Å². The molecule has 0 fully saturated rings. The first-order valence-electron chi connectivity index (χ1n) is 16.1. The Bertz CT molecular complexity index is 2410. The van der Waals surface area contributed by atoms with E-state index in [1.54, 1.807) is 0 Å². The maximum absolute atomic E-state index is 6.65. The largest absolute Gasteiger partial charge is 0.312 e. The molecule has 0 unspecified atom stereocenters. The van der Waals surface area contributed by atoms with Gasteiger partial charge in [-0.1, -0.05) is 120 Å². The van der Waals surface area contributed by atoms with Gasteiger partial charge in [-0.3, -0.25) is 0 Å². The van der Waals surface area contributed by atoms with Gasteiger partial charge in [-0.15, -0.1) is 16.4 Å². The van der Waals surface area contributed by atoms with Crippen molar-refractivity contribution in [3.05, 3.63) is 152 Å². The van der Waals surface area contributed by atoms with Crippen LogP contribution in [-0.4, -0.2) is 43.8 Å². The third-order valence-electron chi connectivity index (χ3n) is 9.29. The van der Waals surface area contributed by atoms with Crippen LogP contribution in [0.2, 0.25) is 0 Å². The van der Waals surface area contributed by atoms with Crippen molar-refractivity contribution in [2.24, 2.45) is 0 Å². The van der Waals surface area contributed by atoms with E-state index in [0.29, 0.717) is 5.69 Å². The van der Waals surface area contributed by atoms with Gasteiger partial charge in [-0.25, -0.2) is 0 Å². The molecule has 10 radical (unpaired) electrons. The number of fused-ring (bicyclic) bond motifs is 3. The van der Waals surface area contributed by atoms with Crippen molar-refractivity contribution >= 4 is 105 Å². The van der Waals surface area contributed by atoms with Crippen LogP contribution >= 0.6 is 0 Å². The number of anilines is 3. The lowest BCUT2D eigenvalue weighted by atomic mass is 9.61. The van der Waals surface area contributed by atoms with Crippen LogP contribution < -0.4 is 32.2 Å². The lowest BCUT2D eigenvalue weighted by Crippen LogP contribution is -2.56. The lowest BCUT2D eigenvalue weighted by molar-refractivity contribution is 1.18. The van der Waals surface area contributed by atoms with Crippen molar-refractivity contribution < 1.29 is 0 Å². The summed E-state index contributed by atoms with van der Waals surface area (Å²) in [7, 11) is 32.2. The van der Waals surface area contributed by atoms with Gasteiger partial charge in [-0.2, -0.15) is 0 Å². The summed E-state index contributed by atoms with van der Waals surface area (Å²) in [4.78, 5) is 1.98. The van der Waals surface area contributed by atoms with Crippen LogP contribution in [0.15, 0.2) is 152 Å². The molecule has 7 heteroatoms. The van der Waals surface area contributed by atoms with Gasteiger partial charge < -0.3 is 9.47 Å². The van der Waals surface area contributed by atoms with Gasteiger partial charge in [-0.05, 0) is 59.2 Å². The molecule has 0 aliphatic heterocycles. The highest BCUT2D eigenvalue weighted by molar-refractivity contribution is 6.69. The molecule has 0 bridgehead atoms. The van der Waals surface area contributed by atoms with Gasteiger partial charge in [0, 0.05) is 33.4 Å². The predicted molar refractivity (Wildman–Crippen MR) is 213 cm³/mol. The summed E-state index contributed by atoms with van der Waals surface area (Å²) in [6, 6.07) is 52.3. The molecule has 8 aromatic rings. The summed E-state index contributed by atoms with van der Waals surface area (Å²) in [6.45, 7) is 0. The van der Waals surface area contributed by atoms with Crippen molar-refractivity contribution in [1.29, 1.82) is 0 Å². The normalized spacial score (nSPS) is 11.3. The number of nitrogens with zero attached hydrogens (tertiary/aromatic N) is 2. The topological polar surface area (TPSA) is 8.17 Å². The molecule has 7 aromatic carbocycles. The van der Waals surface area contributed by atoms with E-state index in [0.717, 1.165) is 50.3 Å². The van der Waals surface area contributed by atoms with Crippen LogP contribution in [0.25, 0.3) is 49.7 Å². The van der Waals surface area contributed by atoms with E-state index in [4.69, 9.17) is 39.2 Å². The highest BCUT2D eigenvalue weighted by Crippen LogP contribution is 2.38. The second kappa shape index (κ2) is 12.5. The Morgan fingerprint density at radius 1 is 0.367 bits per heavy atom. The average Bonchev–Trinajstić information content (AvgIpc) is 3.50. The summed E-state index contributed by atoms with van der Waals surface area (Å²) in [5, 5.41) is 2.43. The quantitative estimate of drug-likeness (QED) is 0.224. The predicted octanol–water partition coefficient (Wildman–Crippen LogP) is 5.56. The summed E-state index contributed by atoms with van der Waals surface area (Å²) in [6.07, 6.45) is 0. The van der Waals surface area contributed by atoms with Crippen LogP contribution in [0.5, 0.6) is 0 Å². The maximum Gasteiger partial charge on any atom is 0.115 e. The zero-order chi connectivity index (χ0) is 33.6. The Morgan fingerprint density at radius 3 is 1.37 bits per heavy atom. The minimum absolute atomic E-state index is 0.176. The minimum Gasteiger partial charge on any atom is -0.312 e. The van der Waals surface area contributed by atoms with Gasteiger partial charge >= 0.3 is 0 Å². The van der Waals surface area contributed by atoms with Gasteiger partial charge in [0.25, 0.3) is 0 Å². The summed E-state index contributed by atoms with van der Waals surface area (Å²) >= 11 is 0. The maximum atomic E-state index is 6.65. The van der Waals surface area contributed by atoms with E-state index < -0.39 is 0 Å². The molecule has 1 aromatic heterocycles. The molecule has 2 nitrogen and oxygen atoms in total. The van der Waals surface area contributed by atoms with E-state index >= 15 is 0 Å². The molecule has 0 saturated heterocycles. The first-order chi connectivity index (χ1) is 23.9. The van der Waals surface area contributed by atoms with Crippen LogP contribution in [0.3, 0.4) is 0 Å². The Hall–Kier alpha value is -5.54. The Kier molecular flexibility index (Phi) is 7.84. The molecule has 8 rings (SSSR count). The first-order valence-corrected chi connectivity index (χ1v) is 16.1. The van der Waals surface area contributed by atoms with Gasteiger partial charge in [0.05, 0.1) is 16.7 Å². The Labute approximate surface area is 293 Å². The second-order valence-electron chi connectivity index (χ2n) is 12.1. The monoisotopic (exact) mass is 612 g/mol. The fraction of sp³-hybridized carbons (Fsp3) is 0. The summed E-state index contributed by atoms with van der Waals surface area (Å²) in [5.74, 6) is 0. The number of para-hydroxylation sites is 3. The lowest BCUT2D eigenvalue weighted by Gasteiger charge is -2.32. The van der Waals surface area contributed by atoms with Crippen molar-refractivity contribution in [3.63, 3.8) is 0 Å². The fourth-order valence-corrected chi connectivity index (χ4v) is 6.80. The molecule has 0 spiro atoms. The number of hydrogen-bond donors (Lipinski definition) is 0. The SMILES string of the molecule is [B]c1c([B])c([B])c(N(c2ccc(-c3ccccc3)cc2)c2ccc(-c3ccccc3-n3c4ccccc4c4ccccc43)cc2)c([B])c1[B]. The van der Waals surface area contributed by atoms with Crippen molar-refractivity contribution in [2.75, 3.05) is 4.90 Å². The molecular weight excluding hydrogens is 587 g/mol. The minimum atomic E-state index is 0.176. The molecule has 0 atom stereocenters. The highest BCUT2D eigenvalue weighted by atomic mass is 15.1. The molecule has 0 N–H and O–H groups in total. The Balaban J connectivity index is 1.27. The number of aromatic nitrogens is 1. The van der Waals surface area contributed by atoms with Crippen molar-refractivity contribution in [3.8, 4) is 27.9 Å². The summed E-state index contributed by atoms with van der Waals surface area (Å²) < 4.78 is 2.34.